The van der Waals surface area contributed by atoms with E-state index in [9.17, 15) is 4.79 Å². The normalized spacial score (nSPS) is 21.6. The number of H-pyrrole nitrogens is 2. The first-order valence-electron chi connectivity index (χ1n) is 13.1. The molecule has 0 bridgehead atoms. The van der Waals surface area contributed by atoms with E-state index in [0.717, 1.165) is 55.6 Å². The van der Waals surface area contributed by atoms with E-state index in [-0.39, 0.29) is 22.4 Å². The highest BCUT2D eigenvalue weighted by Crippen LogP contribution is 2.50. The predicted octanol–water partition coefficient (Wildman–Crippen LogP) is 3.90. The predicted molar refractivity (Wildman–Crippen MR) is 144 cm³/mol. The minimum absolute atomic E-state index is 0.0552. The summed E-state index contributed by atoms with van der Waals surface area (Å²) >= 11 is 0. The molecule has 1 aromatic carbocycles. The number of aromatic nitrogens is 5. The van der Waals surface area contributed by atoms with Crippen LogP contribution in [0.25, 0.3) is 16.6 Å². The highest BCUT2D eigenvalue weighted by Gasteiger charge is 2.46. The lowest BCUT2D eigenvalue weighted by molar-refractivity contribution is 0.187. The fraction of sp³-hybridized carbons (Fsp3) is 0.379. The van der Waals surface area contributed by atoms with Gasteiger partial charge in [0.1, 0.15) is 5.39 Å². The maximum absolute atomic E-state index is 13.4. The molecule has 1 fully saturated rings. The molecule has 4 aromatic rings. The number of anilines is 1. The molecular weight excluding hydrogens is 462 g/mol. The summed E-state index contributed by atoms with van der Waals surface area (Å²) < 4.78 is 0. The number of rotatable bonds is 2. The van der Waals surface area contributed by atoms with Crippen LogP contribution in [0.2, 0.25) is 0 Å². The van der Waals surface area contributed by atoms with Gasteiger partial charge in [0, 0.05) is 42.2 Å². The third-order valence-electron chi connectivity index (χ3n) is 8.67. The van der Waals surface area contributed by atoms with E-state index in [2.05, 4.69) is 75.3 Å². The van der Waals surface area contributed by atoms with Gasteiger partial charge in [-0.3, -0.25) is 19.9 Å². The number of allylic oxidation sites excluding steroid dienone is 1. The van der Waals surface area contributed by atoms with Crippen LogP contribution < -0.4 is 16.2 Å². The molecule has 4 N–H and O–H groups in total. The van der Waals surface area contributed by atoms with Crippen molar-refractivity contribution >= 4 is 22.6 Å². The molecule has 0 radical (unpaired) electrons. The Morgan fingerprint density at radius 2 is 1.89 bits per heavy atom. The Hall–Kier alpha value is -3.78. The molecule has 1 saturated heterocycles. The first kappa shape index (κ1) is 22.4. The third-order valence-corrected chi connectivity index (χ3v) is 8.67. The van der Waals surface area contributed by atoms with Crippen molar-refractivity contribution in [1.82, 2.24) is 25.1 Å². The Bertz CT molecular complexity index is 1620. The zero-order valence-electron chi connectivity index (χ0n) is 21.2. The van der Waals surface area contributed by atoms with Crippen LogP contribution in [-0.4, -0.2) is 38.2 Å². The molecule has 0 amide bonds. The molecule has 1 spiro atoms. The maximum atomic E-state index is 13.4. The SMILES string of the molecule is CC1(C)C=C(c2[nH]nc3nc(N4CCC5(CC4)Cc4ccccc4[C@H]5N)[nH]c(=O)c23)c2cccnc2C1. The summed E-state index contributed by atoms with van der Waals surface area (Å²) in [5, 5.41) is 8.09. The summed E-state index contributed by atoms with van der Waals surface area (Å²) in [5.41, 5.74) is 13.4. The molecule has 188 valence electrons. The number of nitrogens with one attached hydrogen (secondary N) is 2. The zero-order chi connectivity index (χ0) is 25.4. The van der Waals surface area contributed by atoms with Crippen LogP contribution >= 0.6 is 0 Å². The second kappa shape index (κ2) is 7.86. The quantitative estimate of drug-likeness (QED) is 0.390. The van der Waals surface area contributed by atoms with Gasteiger partial charge in [-0.1, -0.05) is 50.3 Å². The smallest absolute Gasteiger partial charge is 0.264 e. The Morgan fingerprint density at radius 3 is 2.70 bits per heavy atom. The molecule has 7 rings (SSSR count). The van der Waals surface area contributed by atoms with Crippen LogP contribution in [0.4, 0.5) is 5.95 Å². The Morgan fingerprint density at radius 1 is 1.08 bits per heavy atom. The van der Waals surface area contributed by atoms with E-state index in [0.29, 0.717) is 22.7 Å². The molecule has 3 aromatic heterocycles. The molecule has 3 aliphatic rings. The Balaban J connectivity index is 1.20. The van der Waals surface area contributed by atoms with E-state index < -0.39 is 0 Å². The number of piperidine rings is 1. The van der Waals surface area contributed by atoms with Gasteiger partial charge in [0.2, 0.25) is 5.95 Å². The second-order valence-corrected chi connectivity index (χ2v) is 11.6. The molecule has 4 heterocycles. The van der Waals surface area contributed by atoms with Crippen molar-refractivity contribution in [1.29, 1.82) is 0 Å². The summed E-state index contributed by atoms with van der Waals surface area (Å²) in [6, 6.07) is 12.6. The fourth-order valence-corrected chi connectivity index (χ4v) is 6.72. The fourth-order valence-electron chi connectivity index (χ4n) is 6.72. The monoisotopic (exact) mass is 493 g/mol. The van der Waals surface area contributed by atoms with Crippen LogP contribution in [0.3, 0.4) is 0 Å². The van der Waals surface area contributed by atoms with Gasteiger partial charge >= 0.3 is 0 Å². The molecular formula is C29H31N7O. The van der Waals surface area contributed by atoms with Gasteiger partial charge in [-0.05, 0) is 53.7 Å². The van der Waals surface area contributed by atoms with E-state index in [4.69, 9.17) is 10.7 Å². The standard InChI is InChI=1S/C29H31N7O/c1-28(2)15-20(19-8-5-11-31-21(19)16-28)23-22-25(35-34-23)32-27(33-26(22)37)36-12-9-29(10-13-36)14-17-6-3-4-7-18(17)24(29)30/h3-8,11,15,24H,9-10,12-14,16,30H2,1-2H3,(H2,32,33,34,35,37)/t24-/m1/s1. The van der Waals surface area contributed by atoms with Gasteiger partial charge in [-0.25, -0.2) is 0 Å². The number of hydrogen-bond acceptors (Lipinski definition) is 6. The number of benzene rings is 1. The van der Waals surface area contributed by atoms with E-state index >= 15 is 0 Å². The van der Waals surface area contributed by atoms with Crippen molar-refractivity contribution in [3.8, 4) is 0 Å². The van der Waals surface area contributed by atoms with Crippen molar-refractivity contribution in [3.63, 3.8) is 0 Å². The molecule has 8 heteroatoms. The van der Waals surface area contributed by atoms with E-state index in [1.807, 2.05) is 12.3 Å². The lowest BCUT2D eigenvalue weighted by Gasteiger charge is -2.42. The van der Waals surface area contributed by atoms with Crippen LogP contribution in [0.5, 0.6) is 0 Å². The summed E-state index contributed by atoms with van der Waals surface area (Å²) in [6.45, 7) is 5.96. The molecule has 8 nitrogen and oxygen atoms in total. The van der Waals surface area contributed by atoms with Crippen molar-refractivity contribution in [2.75, 3.05) is 18.0 Å². The minimum Gasteiger partial charge on any atom is -0.342 e. The van der Waals surface area contributed by atoms with Gasteiger partial charge < -0.3 is 10.6 Å². The number of fused-ring (bicyclic) bond motifs is 3. The van der Waals surface area contributed by atoms with Crippen molar-refractivity contribution in [2.24, 2.45) is 16.6 Å². The highest BCUT2D eigenvalue weighted by molar-refractivity contribution is 5.94. The number of nitrogens with two attached hydrogens (primary N) is 1. The van der Waals surface area contributed by atoms with Gasteiger partial charge in [-0.15, -0.1) is 0 Å². The number of nitrogens with zero attached hydrogens (tertiary/aromatic N) is 4. The topological polar surface area (TPSA) is 117 Å². The molecule has 1 atom stereocenters. The second-order valence-electron chi connectivity index (χ2n) is 11.6. The van der Waals surface area contributed by atoms with Gasteiger partial charge in [-0.2, -0.15) is 10.1 Å². The Kier molecular flexibility index (Phi) is 4.76. The van der Waals surface area contributed by atoms with Crippen LogP contribution in [0, 0.1) is 10.8 Å². The van der Waals surface area contributed by atoms with Gasteiger partial charge in [0.15, 0.2) is 5.65 Å². The van der Waals surface area contributed by atoms with Crippen LogP contribution in [0.15, 0.2) is 53.5 Å². The van der Waals surface area contributed by atoms with Gasteiger partial charge in [0.25, 0.3) is 5.56 Å². The molecule has 37 heavy (non-hydrogen) atoms. The summed E-state index contributed by atoms with van der Waals surface area (Å²) in [6.07, 6.45) is 7.83. The van der Waals surface area contributed by atoms with Crippen LogP contribution in [-0.2, 0) is 12.8 Å². The number of pyridine rings is 1. The third kappa shape index (κ3) is 3.46. The van der Waals surface area contributed by atoms with Crippen molar-refractivity contribution < 1.29 is 0 Å². The number of aromatic amines is 2. The van der Waals surface area contributed by atoms with Crippen LogP contribution in [0.1, 0.15) is 60.8 Å². The largest absolute Gasteiger partial charge is 0.342 e. The van der Waals surface area contributed by atoms with E-state index in [1.54, 1.807) is 0 Å². The molecule has 2 aliphatic carbocycles. The van der Waals surface area contributed by atoms with Crippen molar-refractivity contribution in [2.45, 2.75) is 45.6 Å². The molecule has 0 saturated carbocycles. The average Bonchev–Trinajstić information content (AvgIpc) is 3.43. The van der Waals surface area contributed by atoms with Crippen molar-refractivity contribution in [3.05, 3.63) is 87.1 Å². The lowest BCUT2D eigenvalue weighted by atomic mass is 9.73. The molecule has 1 aliphatic heterocycles. The summed E-state index contributed by atoms with van der Waals surface area (Å²) in [5.74, 6) is 0.578. The summed E-state index contributed by atoms with van der Waals surface area (Å²) in [4.78, 5) is 28.1. The zero-order valence-corrected chi connectivity index (χ0v) is 21.2. The van der Waals surface area contributed by atoms with Gasteiger partial charge in [0.05, 0.1) is 5.69 Å². The first-order valence-corrected chi connectivity index (χ1v) is 13.1. The minimum atomic E-state index is -0.177. The highest BCUT2D eigenvalue weighted by atomic mass is 16.1. The lowest BCUT2D eigenvalue weighted by Crippen LogP contribution is -2.45. The van der Waals surface area contributed by atoms with E-state index in [1.165, 1.54) is 11.1 Å². The average molecular weight is 494 g/mol. The summed E-state index contributed by atoms with van der Waals surface area (Å²) in [7, 11) is 0. The maximum Gasteiger partial charge on any atom is 0.264 e. The molecule has 0 unspecified atom stereocenters. The number of hydrogen-bond donors (Lipinski definition) is 3. The Labute approximate surface area is 215 Å². The first-order chi connectivity index (χ1) is 17.8.